The van der Waals surface area contributed by atoms with Gasteiger partial charge < -0.3 is 29.7 Å². The van der Waals surface area contributed by atoms with E-state index in [4.69, 9.17) is 18.4 Å². The van der Waals surface area contributed by atoms with Gasteiger partial charge in [-0.1, -0.05) is 40.2 Å². The fourth-order valence-corrected chi connectivity index (χ4v) is 8.00. The number of carbonyl (C=O) groups is 4. The zero-order valence-electron chi connectivity index (χ0n) is 31.7. The van der Waals surface area contributed by atoms with Crippen molar-refractivity contribution >= 4 is 44.9 Å². The van der Waals surface area contributed by atoms with Crippen LogP contribution in [0.2, 0.25) is 0 Å². The Morgan fingerprint density at radius 1 is 1.16 bits per heavy atom. The van der Waals surface area contributed by atoms with E-state index in [1.165, 1.54) is 24.3 Å². The Morgan fingerprint density at radius 2 is 1.87 bits per heavy atom. The fourth-order valence-electron chi connectivity index (χ4n) is 6.83. The fraction of sp³-hybridized carbons (Fsp3) is 0.595. The topological polar surface area (TPSA) is 192 Å². The highest BCUT2D eigenvalue weighted by atomic mass is 32.2. The van der Waals surface area contributed by atoms with E-state index in [0.717, 1.165) is 12.3 Å². The molecule has 1 aliphatic heterocycles. The van der Waals surface area contributed by atoms with Crippen LogP contribution in [-0.4, -0.2) is 97.6 Å². The number of hydrogen-bond acceptors (Lipinski definition) is 11. The van der Waals surface area contributed by atoms with E-state index in [0.29, 0.717) is 36.8 Å². The summed E-state index contributed by atoms with van der Waals surface area (Å²) in [4.78, 5) is 60.6. The Labute approximate surface area is 319 Å². The van der Waals surface area contributed by atoms with E-state index in [9.17, 15) is 36.4 Å². The predicted octanol–water partition coefficient (Wildman–Crippen LogP) is 4.16. The normalized spacial score (nSPS) is 24.0. The Hall–Kier alpha value is -4.58. The van der Waals surface area contributed by atoms with Gasteiger partial charge in [-0.3, -0.25) is 14.4 Å². The van der Waals surface area contributed by atoms with E-state index in [1.807, 2.05) is 11.6 Å². The average Bonchev–Trinajstić information content (AvgIpc) is 3.99. The summed E-state index contributed by atoms with van der Waals surface area (Å²) in [5, 5.41) is 6.45. The van der Waals surface area contributed by atoms with Crippen LogP contribution in [0.3, 0.4) is 0 Å². The molecule has 0 bridgehead atoms. The summed E-state index contributed by atoms with van der Waals surface area (Å²) in [6, 6.07) is 4.34. The van der Waals surface area contributed by atoms with Crippen molar-refractivity contribution in [1.29, 1.82) is 0 Å². The number of rotatable bonds is 16. The minimum Gasteiger partial charge on any atom is -0.497 e. The van der Waals surface area contributed by atoms with Crippen molar-refractivity contribution in [2.45, 2.75) is 115 Å². The van der Waals surface area contributed by atoms with Crippen LogP contribution in [0.15, 0.2) is 43.1 Å². The van der Waals surface area contributed by atoms with Crippen molar-refractivity contribution in [2.24, 2.45) is 11.3 Å². The Balaban J connectivity index is 1.42. The molecule has 55 heavy (non-hydrogen) atoms. The van der Waals surface area contributed by atoms with Gasteiger partial charge in [-0.05, 0) is 67.7 Å². The van der Waals surface area contributed by atoms with Crippen LogP contribution in [0.25, 0.3) is 10.8 Å². The highest BCUT2D eigenvalue weighted by Crippen LogP contribution is 2.47. The molecule has 2 heterocycles. The van der Waals surface area contributed by atoms with Crippen LogP contribution < -0.4 is 24.8 Å². The third-order valence-electron chi connectivity index (χ3n) is 10.2. The summed E-state index contributed by atoms with van der Waals surface area (Å²) in [5.74, 6) is -2.43. The van der Waals surface area contributed by atoms with Gasteiger partial charge in [-0.2, -0.15) is 8.42 Å². The van der Waals surface area contributed by atoms with Gasteiger partial charge in [0.25, 0.3) is 12.3 Å². The first kappa shape index (κ1) is 41.6. The van der Waals surface area contributed by atoms with Crippen LogP contribution in [0.1, 0.15) is 73.1 Å². The van der Waals surface area contributed by atoms with Crippen LogP contribution in [-0.2, 0) is 33.6 Å². The van der Waals surface area contributed by atoms with E-state index < -0.39 is 87.3 Å². The lowest BCUT2D eigenvalue weighted by Crippen LogP contribution is -2.60. The second-order valence-electron chi connectivity index (χ2n) is 15.5. The molecule has 0 spiro atoms. The van der Waals surface area contributed by atoms with Crippen LogP contribution in [0, 0.1) is 11.3 Å². The standard InChI is InChI=1S/C37H49F2N5O10S/c1-8-13-36(14-15-36)54-55(49,50)43-33(47)37(19-23(37)9-2)42-30(45)27-18-25(53-31-26-11-10-24(51-7)17-22(26)12-16-40-31)20-44(27)32(46)28(35(4,5)6)41-34(48)52-21(3)29(38)39/h9-12,16-17,21,23,25,27-29H,2,8,13-15,18-20H2,1,3-7H3,(H,41,48)(H,42,45)(H,43,47)/t21?,23?,25-,27?,28-,37-/m1/s1. The zero-order chi connectivity index (χ0) is 40.5. The Kier molecular flexibility index (Phi) is 12.0. The molecule has 3 aliphatic rings. The number of fused-ring (bicyclic) bond motifs is 1. The minimum atomic E-state index is -4.55. The number of nitrogens with one attached hydrogen (secondary N) is 3. The van der Waals surface area contributed by atoms with Gasteiger partial charge in [-0.25, -0.2) is 27.5 Å². The minimum absolute atomic E-state index is 0.0218. The molecule has 1 aromatic heterocycles. The predicted molar refractivity (Wildman–Crippen MR) is 195 cm³/mol. The van der Waals surface area contributed by atoms with E-state index in [2.05, 4.69) is 22.2 Å². The molecule has 15 nitrogen and oxygen atoms in total. The second-order valence-corrected chi connectivity index (χ2v) is 16.8. The molecule has 5 rings (SSSR count). The van der Waals surface area contributed by atoms with E-state index in [-0.39, 0.29) is 25.3 Å². The molecule has 0 radical (unpaired) electrons. The summed E-state index contributed by atoms with van der Waals surface area (Å²) >= 11 is 0. The maximum Gasteiger partial charge on any atom is 0.408 e. The molecule has 302 valence electrons. The van der Waals surface area contributed by atoms with Crippen molar-refractivity contribution in [3.8, 4) is 11.6 Å². The number of hydrogen-bond donors (Lipinski definition) is 3. The zero-order valence-corrected chi connectivity index (χ0v) is 32.5. The number of benzene rings is 1. The average molecular weight is 794 g/mol. The van der Waals surface area contributed by atoms with Crippen molar-refractivity contribution in [3.05, 3.63) is 43.1 Å². The van der Waals surface area contributed by atoms with Crippen LogP contribution >= 0.6 is 0 Å². The first-order chi connectivity index (χ1) is 25.8. The van der Waals surface area contributed by atoms with Gasteiger partial charge in [0.2, 0.25) is 17.7 Å². The molecule has 3 unspecified atom stereocenters. The quantitative estimate of drug-likeness (QED) is 0.207. The van der Waals surface area contributed by atoms with Gasteiger partial charge >= 0.3 is 16.4 Å². The number of alkyl halides is 2. The molecular formula is C37H49F2N5O10S. The number of amides is 4. The molecule has 4 amide bonds. The number of aromatic nitrogens is 1. The van der Waals surface area contributed by atoms with E-state index >= 15 is 0 Å². The number of carbonyl (C=O) groups excluding carboxylic acids is 4. The molecule has 2 aliphatic carbocycles. The molecule has 1 saturated heterocycles. The Morgan fingerprint density at radius 3 is 2.45 bits per heavy atom. The smallest absolute Gasteiger partial charge is 0.408 e. The number of nitrogens with zero attached hydrogens (tertiary/aromatic N) is 2. The molecule has 1 aromatic carbocycles. The van der Waals surface area contributed by atoms with Crippen molar-refractivity contribution in [3.63, 3.8) is 0 Å². The number of halogens is 2. The third-order valence-corrected chi connectivity index (χ3v) is 11.2. The van der Waals surface area contributed by atoms with Crippen LogP contribution in [0.5, 0.6) is 11.6 Å². The summed E-state index contributed by atoms with van der Waals surface area (Å²) in [7, 11) is -3.02. The van der Waals surface area contributed by atoms with Crippen molar-refractivity contribution in [1.82, 2.24) is 25.2 Å². The van der Waals surface area contributed by atoms with Gasteiger partial charge in [0.05, 0.1) is 19.3 Å². The first-order valence-electron chi connectivity index (χ1n) is 18.1. The molecule has 3 fully saturated rings. The van der Waals surface area contributed by atoms with Gasteiger partial charge in [0.1, 0.15) is 29.5 Å². The maximum atomic E-state index is 14.4. The molecule has 3 N–H and O–H groups in total. The largest absolute Gasteiger partial charge is 0.497 e. The SMILES string of the molecule is C=CC1C[C@]1(NC(=O)C1C[C@@H](Oc2nccc3cc(OC)ccc23)CN1C(=O)[C@@H](NC(=O)OC(C)C(F)F)C(C)(C)C)C(=O)NS(=O)(=O)OC1(CCC)CC1. The summed E-state index contributed by atoms with van der Waals surface area (Å²) in [5.41, 5.74) is -3.61. The number of pyridine rings is 1. The van der Waals surface area contributed by atoms with E-state index in [1.54, 1.807) is 45.0 Å². The number of methoxy groups -OCH3 is 1. The molecule has 2 saturated carbocycles. The van der Waals surface area contributed by atoms with Gasteiger partial charge in [0, 0.05) is 23.9 Å². The highest BCUT2D eigenvalue weighted by molar-refractivity contribution is 7.85. The number of likely N-dealkylation sites (tertiary alicyclic amines) is 1. The van der Waals surface area contributed by atoms with Crippen LogP contribution in [0.4, 0.5) is 13.6 Å². The van der Waals surface area contributed by atoms with Crippen molar-refractivity contribution in [2.75, 3.05) is 13.7 Å². The lowest BCUT2D eigenvalue weighted by Gasteiger charge is -2.35. The number of ether oxygens (including phenoxy) is 3. The summed E-state index contributed by atoms with van der Waals surface area (Å²) < 4.78 is 76.1. The molecule has 2 aromatic rings. The Bertz CT molecular complexity index is 1920. The van der Waals surface area contributed by atoms with Crippen molar-refractivity contribution < 1.29 is 54.8 Å². The molecular weight excluding hydrogens is 744 g/mol. The lowest BCUT2D eigenvalue weighted by molar-refractivity contribution is -0.143. The summed E-state index contributed by atoms with van der Waals surface area (Å²) in [6.07, 6.45) is -1.75. The first-order valence-corrected chi connectivity index (χ1v) is 19.6. The number of alkyl carbamates (subject to hydrolysis) is 1. The lowest BCUT2D eigenvalue weighted by atomic mass is 9.85. The summed E-state index contributed by atoms with van der Waals surface area (Å²) in [6.45, 7) is 11.3. The van der Waals surface area contributed by atoms with Gasteiger partial charge in [-0.15, -0.1) is 6.58 Å². The molecule has 6 atom stereocenters. The highest BCUT2D eigenvalue weighted by Gasteiger charge is 2.62. The maximum absolute atomic E-state index is 14.4. The second kappa shape index (κ2) is 15.9. The van der Waals surface area contributed by atoms with Gasteiger partial charge in [0.15, 0.2) is 6.10 Å². The monoisotopic (exact) mass is 793 g/mol. The molecule has 18 heteroatoms. The third kappa shape index (κ3) is 9.45.